The van der Waals surface area contributed by atoms with Crippen molar-refractivity contribution in [3.8, 4) is 0 Å². The van der Waals surface area contributed by atoms with Gasteiger partial charge in [-0.3, -0.25) is 0 Å². The van der Waals surface area contributed by atoms with E-state index in [2.05, 4.69) is 5.32 Å². The molecule has 3 nitrogen and oxygen atoms in total. The molecule has 2 rings (SSSR count). The molecule has 16 heavy (non-hydrogen) atoms. The van der Waals surface area contributed by atoms with Crippen LogP contribution in [0.1, 0.15) is 0 Å². The lowest BCUT2D eigenvalue weighted by molar-refractivity contribution is 0.419. The molecule has 0 saturated carbocycles. The first-order valence-electron chi connectivity index (χ1n) is 4.97. The first kappa shape index (κ1) is 11.6. The molecule has 1 aromatic carbocycles. The Morgan fingerprint density at radius 3 is 2.38 bits per heavy atom. The maximum absolute atomic E-state index is 11.8. The Kier molecular flexibility index (Phi) is 3.33. The third-order valence-corrected chi connectivity index (χ3v) is 4.18. The SMILES string of the molecule is O=S(=O)(/C=C/C1CNC1)c1ccc(Cl)cc1. The van der Waals surface area contributed by atoms with Crippen molar-refractivity contribution in [3.63, 3.8) is 0 Å². The van der Waals surface area contributed by atoms with E-state index in [9.17, 15) is 8.42 Å². The second kappa shape index (κ2) is 4.57. The van der Waals surface area contributed by atoms with Gasteiger partial charge in [0.05, 0.1) is 4.90 Å². The van der Waals surface area contributed by atoms with Gasteiger partial charge in [0, 0.05) is 29.4 Å². The summed E-state index contributed by atoms with van der Waals surface area (Å²) in [5, 5.41) is 4.89. The van der Waals surface area contributed by atoms with Gasteiger partial charge in [-0.1, -0.05) is 17.7 Å². The molecule has 0 atom stereocenters. The minimum atomic E-state index is -3.32. The predicted octanol–water partition coefficient (Wildman–Crippen LogP) is 1.85. The van der Waals surface area contributed by atoms with E-state index in [1.54, 1.807) is 18.2 Å². The van der Waals surface area contributed by atoms with Gasteiger partial charge in [0.25, 0.3) is 0 Å². The Labute approximate surface area is 100 Å². The van der Waals surface area contributed by atoms with Crippen LogP contribution in [0.25, 0.3) is 0 Å². The van der Waals surface area contributed by atoms with Crippen molar-refractivity contribution in [2.24, 2.45) is 5.92 Å². The van der Waals surface area contributed by atoms with Gasteiger partial charge in [0.1, 0.15) is 0 Å². The van der Waals surface area contributed by atoms with Gasteiger partial charge >= 0.3 is 0 Å². The maximum Gasteiger partial charge on any atom is 0.199 e. The zero-order chi connectivity index (χ0) is 11.6. The van der Waals surface area contributed by atoms with Crippen LogP contribution in [0.4, 0.5) is 0 Å². The summed E-state index contributed by atoms with van der Waals surface area (Å²) >= 11 is 5.70. The Morgan fingerprint density at radius 2 is 1.88 bits per heavy atom. The molecule has 0 unspecified atom stereocenters. The van der Waals surface area contributed by atoms with Gasteiger partial charge in [-0.25, -0.2) is 8.42 Å². The van der Waals surface area contributed by atoms with Crippen LogP contribution < -0.4 is 5.32 Å². The Morgan fingerprint density at radius 1 is 1.25 bits per heavy atom. The van der Waals surface area contributed by atoms with Crippen molar-refractivity contribution >= 4 is 21.4 Å². The van der Waals surface area contributed by atoms with E-state index in [1.807, 2.05) is 0 Å². The second-order valence-corrected chi connectivity index (χ2v) is 6.02. The topological polar surface area (TPSA) is 46.2 Å². The molecule has 86 valence electrons. The lowest BCUT2D eigenvalue weighted by Gasteiger charge is -2.23. The fourth-order valence-electron chi connectivity index (χ4n) is 1.36. The number of hydrogen-bond donors (Lipinski definition) is 1. The van der Waals surface area contributed by atoms with E-state index in [0.717, 1.165) is 13.1 Å². The summed E-state index contributed by atoms with van der Waals surface area (Å²) < 4.78 is 23.7. The summed E-state index contributed by atoms with van der Waals surface area (Å²) in [6, 6.07) is 6.18. The fourth-order valence-corrected chi connectivity index (χ4v) is 2.59. The number of hydrogen-bond acceptors (Lipinski definition) is 3. The van der Waals surface area contributed by atoms with Crippen molar-refractivity contribution in [1.82, 2.24) is 5.32 Å². The van der Waals surface area contributed by atoms with Crippen LogP contribution in [0, 0.1) is 5.92 Å². The number of rotatable bonds is 3. The molecule has 0 amide bonds. The van der Waals surface area contributed by atoms with Crippen LogP contribution in [0.15, 0.2) is 40.6 Å². The highest BCUT2D eigenvalue weighted by Crippen LogP contribution is 2.17. The zero-order valence-corrected chi connectivity index (χ0v) is 10.1. The summed E-state index contributed by atoms with van der Waals surface area (Å²) in [7, 11) is -3.32. The van der Waals surface area contributed by atoms with Crippen molar-refractivity contribution < 1.29 is 8.42 Å². The van der Waals surface area contributed by atoms with Crippen LogP contribution in [0.3, 0.4) is 0 Å². The number of sulfone groups is 1. The summed E-state index contributed by atoms with van der Waals surface area (Å²) in [6.45, 7) is 1.71. The quantitative estimate of drug-likeness (QED) is 0.899. The molecule has 1 aliphatic rings. The van der Waals surface area contributed by atoms with Crippen molar-refractivity contribution in [3.05, 3.63) is 40.8 Å². The van der Waals surface area contributed by atoms with E-state index in [1.165, 1.54) is 17.5 Å². The van der Waals surface area contributed by atoms with Crippen molar-refractivity contribution in [1.29, 1.82) is 0 Å². The molecule has 0 aromatic heterocycles. The lowest BCUT2D eigenvalue weighted by atomic mass is 10.1. The molecule has 0 bridgehead atoms. The van der Waals surface area contributed by atoms with Gasteiger partial charge in [-0.2, -0.15) is 0 Å². The van der Waals surface area contributed by atoms with Crippen LogP contribution in [-0.2, 0) is 9.84 Å². The van der Waals surface area contributed by atoms with E-state index in [4.69, 9.17) is 11.6 Å². The van der Waals surface area contributed by atoms with Crippen LogP contribution in [-0.4, -0.2) is 21.5 Å². The summed E-state index contributed by atoms with van der Waals surface area (Å²) in [5.41, 5.74) is 0. The number of benzene rings is 1. The second-order valence-electron chi connectivity index (χ2n) is 3.75. The van der Waals surface area contributed by atoms with E-state index < -0.39 is 9.84 Å². The summed E-state index contributed by atoms with van der Waals surface area (Å²) in [4.78, 5) is 0.278. The predicted molar refractivity (Wildman–Crippen MR) is 64.1 cm³/mol. The van der Waals surface area contributed by atoms with Crippen LogP contribution in [0.5, 0.6) is 0 Å². The monoisotopic (exact) mass is 257 g/mol. The fraction of sp³-hybridized carbons (Fsp3) is 0.273. The smallest absolute Gasteiger partial charge is 0.199 e. The maximum atomic E-state index is 11.8. The molecule has 0 spiro atoms. The molecule has 0 radical (unpaired) electrons. The van der Waals surface area contributed by atoms with Crippen LogP contribution in [0.2, 0.25) is 5.02 Å². The van der Waals surface area contributed by atoms with E-state index in [-0.39, 0.29) is 4.90 Å². The lowest BCUT2D eigenvalue weighted by Crippen LogP contribution is -2.40. The average Bonchev–Trinajstić information content (AvgIpc) is 2.15. The van der Waals surface area contributed by atoms with Gasteiger partial charge in [0.2, 0.25) is 0 Å². The number of nitrogens with one attached hydrogen (secondary N) is 1. The molecule has 1 aromatic rings. The summed E-state index contributed by atoms with van der Waals surface area (Å²) in [6.07, 6.45) is 1.74. The van der Waals surface area contributed by atoms with Gasteiger partial charge in [-0.15, -0.1) is 0 Å². The third-order valence-electron chi connectivity index (χ3n) is 2.49. The molecule has 1 aliphatic heterocycles. The number of halogens is 1. The Bertz CT molecular complexity index is 489. The highest BCUT2D eigenvalue weighted by molar-refractivity contribution is 7.94. The Balaban J connectivity index is 2.17. The standard InChI is InChI=1S/C11H12ClNO2S/c12-10-1-3-11(4-2-10)16(14,15)6-5-9-7-13-8-9/h1-6,9,13H,7-8H2/b6-5+. The molecular weight excluding hydrogens is 246 g/mol. The third kappa shape index (κ3) is 2.64. The molecule has 5 heteroatoms. The minimum Gasteiger partial charge on any atom is -0.315 e. The van der Waals surface area contributed by atoms with E-state index in [0.29, 0.717) is 10.9 Å². The molecule has 0 aliphatic carbocycles. The molecule has 1 fully saturated rings. The van der Waals surface area contributed by atoms with Crippen molar-refractivity contribution in [2.45, 2.75) is 4.90 Å². The molecule has 1 N–H and O–H groups in total. The van der Waals surface area contributed by atoms with Gasteiger partial charge < -0.3 is 5.32 Å². The Hall–Kier alpha value is -0.840. The molecular formula is C11H12ClNO2S. The minimum absolute atomic E-state index is 0.278. The first-order valence-corrected chi connectivity index (χ1v) is 6.90. The van der Waals surface area contributed by atoms with Crippen molar-refractivity contribution in [2.75, 3.05) is 13.1 Å². The normalized spacial score (nSPS) is 17.6. The zero-order valence-electron chi connectivity index (χ0n) is 8.56. The van der Waals surface area contributed by atoms with Gasteiger partial charge in [0.15, 0.2) is 9.84 Å². The average molecular weight is 258 g/mol. The highest BCUT2D eigenvalue weighted by atomic mass is 35.5. The largest absolute Gasteiger partial charge is 0.315 e. The molecule has 1 heterocycles. The van der Waals surface area contributed by atoms with E-state index >= 15 is 0 Å². The summed E-state index contributed by atoms with van der Waals surface area (Å²) in [5.74, 6) is 0.335. The highest BCUT2D eigenvalue weighted by Gasteiger charge is 2.15. The van der Waals surface area contributed by atoms with Gasteiger partial charge in [-0.05, 0) is 24.3 Å². The molecule has 1 saturated heterocycles. The first-order chi connectivity index (χ1) is 7.58. The van der Waals surface area contributed by atoms with Crippen LogP contribution >= 0.6 is 11.6 Å².